The number of nitrogens with one attached hydrogen (secondary N) is 2. The molecule has 2 fully saturated rings. The lowest BCUT2D eigenvalue weighted by Crippen LogP contribution is -2.52. The molecule has 2 N–H and O–H groups in total. The predicted molar refractivity (Wildman–Crippen MR) is 125 cm³/mol. The van der Waals surface area contributed by atoms with Crippen LogP contribution < -0.4 is 24.8 Å². The standard InChI is InChI=1S/C25H31F2N3O4/c1-30-13-12-25(16-4-9-20(32-2)21(14-16)33-3)11-10-18(15-22(25)30)29-24(31)28-17-5-7-19(8-6-17)34-23(26)27/h4-9,14,18,22-23H,10-13,15H2,1-3H3,(H2,28,29,31)/t18-,22+,25-/m0/s1. The number of nitrogens with zero attached hydrogens (tertiary/aromatic N) is 1. The molecule has 2 aromatic rings. The first-order chi connectivity index (χ1) is 16.3. The molecule has 0 bridgehead atoms. The second-order valence-corrected chi connectivity index (χ2v) is 8.94. The van der Waals surface area contributed by atoms with Crippen molar-refractivity contribution in [3.05, 3.63) is 48.0 Å². The fourth-order valence-corrected chi connectivity index (χ4v) is 5.47. The number of anilines is 1. The quantitative estimate of drug-likeness (QED) is 0.612. The van der Waals surface area contributed by atoms with Crippen molar-refractivity contribution in [1.29, 1.82) is 0 Å². The molecule has 0 radical (unpaired) electrons. The predicted octanol–water partition coefficient (Wildman–Crippen LogP) is 4.62. The van der Waals surface area contributed by atoms with Crippen LogP contribution in [0.5, 0.6) is 17.2 Å². The van der Waals surface area contributed by atoms with E-state index >= 15 is 0 Å². The highest BCUT2D eigenvalue weighted by atomic mass is 19.3. The lowest BCUT2D eigenvalue weighted by atomic mass is 9.65. The van der Waals surface area contributed by atoms with Gasteiger partial charge in [-0.1, -0.05) is 6.07 Å². The number of urea groups is 1. The minimum absolute atomic E-state index is 0.00346. The molecule has 1 saturated heterocycles. The van der Waals surface area contributed by atoms with E-state index in [-0.39, 0.29) is 29.3 Å². The fraction of sp³-hybridized carbons (Fsp3) is 0.480. The summed E-state index contributed by atoms with van der Waals surface area (Å²) in [6.45, 7) is -1.89. The van der Waals surface area contributed by atoms with Gasteiger partial charge in [-0.25, -0.2) is 4.79 Å². The van der Waals surface area contributed by atoms with Crippen molar-refractivity contribution in [3.8, 4) is 17.2 Å². The Morgan fingerprint density at radius 3 is 2.50 bits per heavy atom. The minimum atomic E-state index is -2.88. The van der Waals surface area contributed by atoms with Crippen LogP contribution in [0.15, 0.2) is 42.5 Å². The second kappa shape index (κ2) is 10.0. The van der Waals surface area contributed by atoms with Crippen LogP contribution in [0.2, 0.25) is 0 Å². The molecule has 2 aliphatic rings. The van der Waals surface area contributed by atoms with Crippen molar-refractivity contribution >= 4 is 11.7 Å². The number of alkyl halides is 2. The first-order valence-corrected chi connectivity index (χ1v) is 11.4. The molecule has 0 aromatic heterocycles. The zero-order valence-corrected chi connectivity index (χ0v) is 19.6. The maximum Gasteiger partial charge on any atom is 0.387 e. The van der Waals surface area contributed by atoms with Gasteiger partial charge in [-0.2, -0.15) is 8.78 Å². The molecule has 184 valence electrons. The normalized spacial score (nSPS) is 24.4. The molecule has 2 aromatic carbocycles. The molecular formula is C25H31F2N3O4. The van der Waals surface area contributed by atoms with Gasteiger partial charge in [0.05, 0.1) is 14.2 Å². The number of hydrogen-bond acceptors (Lipinski definition) is 5. The molecular weight excluding hydrogens is 444 g/mol. The van der Waals surface area contributed by atoms with Crippen molar-refractivity contribution in [2.24, 2.45) is 0 Å². The Kier molecular flexibility index (Phi) is 7.11. The van der Waals surface area contributed by atoms with Gasteiger partial charge in [0.2, 0.25) is 0 Å². The number of ether oxygens (including phenoxy) is 3. The highest BCUT2D eigenvalue weighted by Crippen LogP contribution is 2.49. The molecule has 1 saturated carbocycles. The Morgan fingerprint density at radius 1 is 1.09 bits per heavy atom. The van der Waals surface area contributed by atoms with E-state index in [0.29, 0.717) is 11.4 Å². The zero-order chi connectivity index (χ0) is 24.3. The van der Waals surface area contributed by atoms with Crippen molar-refractivity contribution in [2.75, 3.05) is 33.1 Å². The lowest BCUT2D eigenvalue weighted by Gasteiger charge is -2.45. The van der Waals surface area contributed by atoms with E-state index in [2.05, 4.69) is 39.5 Å². The third kappa shape index (κ3) is 4.89. The maximum atomic E-state index is 12.6. The van der Waals surface area contributed by atoms with Crippen molar-refractivity contribution in [2.45, 2.75) is 49.8 Å². The summed E-state index contributed by atoms with van der Waals surface area (Å²) >= 11 is 0. The Balaban J connectivity index is 1.41. The van der Waals surface area contributed by atoms with E-state index in [0.717, 1.165) is 38.0 Å². The molecule has 1 aliphatic heterocycles. The average molecular weight is 476 g/mol. The maximum absolute atomic E-state index is 12.6. The summed E-state index contributed by atoms with van der Waals surface area (Å²) < 4.78 is 39.9. The fourth-order valence-electron chi connectivity index (χ4n) is 5.47. The van der Waals surface area contributed by atoms with Gasteiger partial charge < -0.3 is 29.7 Å². The zero-order valence-electron chi connectivity index (χ0n) is 19.6. The molecule has 0 unspecified atom stereocenters. The Morgan fingerprint density at radius 2 is 1.82 bits per heavy atom. The summed E-state index contributed by atoms with van der Waals surface area (Å²) in [6, 6.07) is 12.1. The number of likely N-dealkylation sites (tertiary alicyclic amines) is 1. The van der Waals surface area contributed by atoms with Crippen LogP contribution in [0.4, 0.5) is 19.3 Å². The molecule has 3 atom stereocenters. The van der Waals surface area contributed by atoms with Gasteiger partial charge in [-0.3, -0.25) is 0 Å². The van der Waals surface area contributed by atoms with Crippen LogP contribution in [-0.4, -0.2) is 57.4 Å². The number of halogens is 2. The number of benzene rings is 2. The van der Waals surface area contributed by atoms with E-state index in [4.69, 9.17) is 9.47 Å². The summed E-state index contributed by atoms with van der Waals surface area (Å²) in [5, 5.41) is 5.86. The molecule has 1 aliphatic carbocycles. The van der Waals surface area contributed by atoms with E-state index in [1.165, 1.54) is 29.8 Å². The number of carbonyl (C=O) groups excluding carboxylic acids is 1. The largest absolute Gasteiger partial charge is 0.493 e. The van der Waals surface area contributed by atoms with E-state index < -0.39 is 6.61 Å². The monoisotopic (exact) mass is 475 g/mol. The number of likely N-dealkylation sites (N-methyl/N-ethyl adjacent to an activating group) is 1. The van der Waals surface area contributed by atoms with E-state index in [1.807, 2.05) is 6.07 Å². The molecule has 34 heavy (non-hydrogen) atoms. The summed E-state index contributed by atoms with van der Waals surface area (Å²) in [4.78, 5) is 15.0. The molecule has 4 rings (SSSR count). The molecule has 7 nitrogen and oxygen atoms in total. The summed E-state index contributed by atoms with van der Waals surface area (Å²) in [5.41, 5.74) is 1.75. The van der Waals surface area contributed by atoms with Crippen LogP contribution in [0.1, 0.15) is 31.2 Å². The van der Waals surface area contributed by atoms with E-state index in [9.17, 15) is 13.6 Å². The van der Waals surface area contributed by atoms with Crippen molar-refractivity contribution < 1.29 is 27.8 Å². The van der Waals surface area contributed by atoms with Gasteiger partial charge in [0.25, 0.3) is 0 Å². The Labute approximate surface area is 198 Å². The number of amides is 2. The van der Waals surface area contributed by atoms with Crippen LogP contribution >= 0.6 is 0 Å². The number of rotatable bonds is 7. The van der Waals surface area contributed by atoms with Crippen LogP contribution in [0.25, 0.3) is 0 Å². The topological polar surface area (TPSA) is 72.1 Å². The molecule has 1 heterocycles. The van der Waals surface area contributed by atoms with Gasteiger partial charge in [0.15, 0.2) is 11.5 Å². The molecule has 0 spiro atoms. The minimum Gasteiger partial charge on any atom is -0.493 e. The smallest absolute Gasteiger partial charge is 0.387 e. The van der Waals surface area contributed by atoms with Crippen molar-refractivity contribution in [3.63, 3.8) is 0 Å². The Hall–Kier alpha value is -3.07. The number of carbonyl (C=O) groups is 1. The van der Waals surface area contributed by atoms with Gasteiger partial charge in [0, 0.05) is 23.2 Å². The first kappa shape index (κ1) is 24.1. The Bertz CT molecular complexity index is 1000. The molecule has 2 amide bonds. The summed E-state index contributed by atoms with van der Waals surface area (Å²) in [5.74, 6) is 1.49. The van der Waals surface area contributed by atoms with E-state index in [1.54, 1.807) is 14.2 Å². The van der Waals surface area contributed by atoms with Crippen LogP contribution in [0.3, 0.4) is 0 Å². The van der Waals surface area contributed by atoms with Gasteiger partial charge in [0.1, 0.15) is 5.75 Å². The average Bonchev–Trinajstić information content (AvgIpc) is 3.16. The highest BCUT2D eigenvalue weighted by molar-refractivity contribution is 5.89. The number of fused-ring (bicyclic) bond motifs is 1. The second-order valence-electron chi connectivity index (χ2n) is 8.94. The van der Waals surface area contributed by atoms with Crippen LogP contribution in [-0.2, 0) is 5.41 Å². The highest BCUT2D eigenvalue weighted by Gasteiger charge is 2.50. The third-order valence-electron chi connectivity index (χ3n) is 7.16. The van der Waals surface area contributed by atoms with Crippen molar-refractivity contribution in [1.82, 2.24) is 10.2 Å². The summed E-state index contributed by atoms with van der Waals surface area (Å²) in [6.07, 6.45) is 3.68. The SMILES string of the molecule is COc1ccc([C@@]23CC[C@H](NC(=O)Nc4ccc(OC(F)F)cc4)C[C@H]2N(C)CC3)cc1OC. The van der Waals surface area contributed by atoms with Gasteiger partial charge >= 0.3 is 12.6 Å². The molecule has 9 heteroatoms. The van der Waals surface area contributed by atoms with Gasteiger partial charge in [-0.15, -0.1) is 0 Å². The summed E-state index contributed by atoms with van der Waals surface area (Å²) in [7, 11) is 5.42. The number of hydrogen-bond donors (Lipinski definition) is 2. The van der Waals surface area contributed by atoms with Crippen LogP contribution in [0, 0.1) is 0 Å². The van der Waals surface area contributed by atoms with Gasteiger partial charge in [-0.05, 0) is 81.2 Å². The third-order valence-corrected chi connectivity index (χ3v) is 7.16. The number of methoxy groups -OCH3 is 2. The first-order valence-electron chi connectivity index (χ1n) is 11.4. The lowest BCUT2D eigenvalue weighted by molar-refractivity contribution is -0.0498.